The summed E-state index contributed by atoms with van der Waals surface area (Å²) in [6.07, 6.45) is 7.91. The smallest absolute Gasteiger partial charge is 0.230 e. The molecule has 4 rings (SSSR count). The second kappa shape index (κ2) is 7.16. The van der Waals surface area contributed by atoms with Crippen molar-refractivity contribution in [2.45, 2.75) is 44.9 Å². The Kier molecular flexibility index (Phi) is 4.75. The number of nitrogens with zero attached hydrogens (tertiary/aromatic N) is 2. The first-order chi connectivity index (χ1) is 12.3. The van der Waals surface area contributed by atoms with E-state index in [1.807, 2.05) is 7.05 Å². The van der Waals surface area contributed by atoms with E-state index >= 15 is 0 Å². The van der Waals surface area contributed by atoms with Gasteiger partial charge in [-0.3, -0.25) is 4.79 Å². The molecule has 1 saturated carbocycles. The Bertz CT molecular complexity index is 764. The zero-order chi connectivity index (χ0) is 17.2. The lowest BCUT2D eigenvalue weighted by Gasteiger charge is -2.33. The minimum Gasteiger partial charge on any atom is -0.365 e. The van der Waals surface area contributed by atoms with E-state index in [1.165, 1.54) is 24.8 Å². The topological polar surface area (TPSA) is 45.2 Å². The standard InChI is InChI=1S/C20H25N3OS/c1-21-20-22-17(13-25-20)15-9-10-18-16(12-15)8-5-11-23(18)19(24)14-6-3-2-4-7-14/h9-10,12-14H,2-8,11H2,1H3,(H,21,22). The van der Waals surface area contributed by atoms with Gasteiger partial charge in [0.05, 0.1) is 5.69 Å². The second-order valence-corrected chi connectivity index (χ2v) is 7.92. The van der Waals surface area contributed by atoms with Crippen LogP contribution in [0.25, 0.3) is 11.3 Å². The van der Waals surface area contributed by atoms with Crippen molar-refractivity contribution in [2.24, 2.45) is 5.92 Å². The Morgan fingerprint density at radius 2 is 2.08 bits per heavy atom. The second-order valence-electron chi connectivity index (χ2n) is 7.06. The molecule has 0 atom stereocenters. The molecule has 1 amide bonds. The third-order valence-electron chi connectivity index (χ3n) is 5.43. The molecule has 1 fully saturated rings. The molecule has 1 aliphatic carbocycles. The van der Waals surface area contributed by atoms with E-state index < -0.39 is 0 Å². The number of thiazole rings is 1. The number of nitrogens with one attached hydrogen (secondary N) is 1. The number of hydrogen-bond donors (Lipinski definition) is 1. The maximum Gasteiger partial charge on any atom is 0.230 e. The Morgan fingerprint density at radius 3 is 2.84 bits per heavy atom. The van der Waals surface area contributed by atoms with E-state index in [0.29, 0.717) is 5.91 Å². The van der Waals surface area contributed by atoms with Gasteiger partial charge in [-0.2, -0.15) is 0 Å². The van der Waals surface area contributed by atoms with Gasteiger partial charge >= 0.3 is 0 Å². The average Bonchev–Trinajstić information content (AvgIpc) is 3.16. The molecule has 25 heavy (non-hydrogen) atoms. The average molecular weight is 356 g/mol. The summed E-state index contributed by atoms with van der Waals surface area (Å²) < 4.78 is 0. The fourth-order valence-corrected chi connectivity index (χ4v) is 4.76. The number of hydrogen-bond acceptors (Lipinski definition) is 4. The first-order valence-electron chi connectivity index (χ1n) is 9.34. The molecule has 4 nitrogen and oxygen atoms in total. The summed E-state index contributed by atoms with van der Waals surface area (Å²) in [7, 11) is 1.89. The van der Waals surface area contributed by atoms with Crippen LogP contribution in [0, 0.1) is 5.92 Å². The summed E-state index contributed by atoms with van der Waals surface area (Å²) in [6, 6.07) is 6.47. The van der Waals surface area contributed by atoms with Gasteiger partial charge in [-0.25, -0.2) is 4.98 Å². The summed E-state index contributed by atoms with van der Waals surface area (Å²) in [5.74, 6) is 0.579. The van der Waals surface area contributed by atoms with Crippen LogP contribution < -0.4 is 10.2 Å². The van der Waals surface area contributed by atoms with E-state index in [0.717, 1.165) is 54.3 Å². The molecule has 2 aliphatic rings. The summed E-state index contributed by atoms with van der Waals surface area (Å²) in [4.78, 5) is 19.7. The van der Waals surface area contributed by atoms with Crippen LogP contribution in [-0.4, -0.2) is 24.5 Å². The van der Waals surface area contributed by atoms with Crippen molar-refractivity contribution in [1.29, 1.82) is 0 Å². The zero-order valence-corrected chi connectivity index (χ0v) is 15.6. The van der Waals surface area contributed by atoms with Crippen LogP contribution in [0.4, 0.5) is 10.8 Å². The van der Waals surface area contributed by atoms with Crippen LogP contribution in [-0.2, 0) is 11.2 Å². The highest BCUT2D eigenvalue weighted by Crippen LogP contribution is 2.35. The van der Waals surface area contributed by atoms with Gasteiger partial charge in [-0.15, -0.1) is 11.3 Å². The molecular weight excluding hydrogens is 330 g/mol. The van der Waals surface area contributed by atoms with Crippen LogP contribution in [0.3, 0.4) is 0 Å². The van der Waals surface area contributed by atoms with Crippen LogP contribution in [0.1, 0.15) is 44.1 Å². The van der Waals surface area contributed by atoms with E-state index in [4.69, 9.17) is 0 Å². The highest BCUT2D eigenvalue weighted by Gasteiger charge is 2.29. The van der Waals surface area contributed by atoms with E-state index in [1.54, 1.807) is 11.3 Å². The molecular formula is C20H25N3OS. The van der Waals surface area contributed by atoms with Gasteiger partial charge in [0.25, 0.3) is 0 Å². The molecule has 1 aromatic heterocycles. The summed E-state index contributed by atoms with van der Waals surface area (Å²) in [5.41, 5.74) is 4.55. The van der Waals surface area contributed by atoms with Gasteiger partial charge in [0.1, 0.15) is 0 Å². The Morgan fingerprint density at radius 1 is 1.24 bits per heavy atom. The summed E-state index contributed by atoms with van der Waals surface area (Å²) in [6.45, 7) is 0.863. The lowest BCUT2D eigenvalue weighted by atomic mass is 9.87. The summed E-state index contributed by atoms with van der Waals surface area (Å²) >= 11 is 1.62. The lowest BCUT2D eigenvalue weighted by Crippen LogP contribution is -2.40. The molecule has 2 heterocycles. The van der Waals surface area contributed by atoms with Crippen LogP contribution in [0.2, 0.25) is 0 Å². The van der Waals surface area contributed by atoms with Crippen molar-refractivity contribution in [3.8, 4) is 11.3 Å². The number of aromatic nitrogens is 1. The molecule has 2 aromatic rings. The molecule has 1 N–H and O–H groups in total. The van der Waals surface area contributed by atoms with E-state index in [-0.39, 0.29) is 5.92 Å². The predicted molar refractivity (Wildman–Crippen MR) is 104 cm³/mol. The van der Waals surface area contributed by atoms with Gasteiger partial charge < -0.3 is 10.2 Å². The van der Waals surface area contributed by atoms with Gasteiger partial charge in [-0.1, -0.05) is 25.3 Å². The van der Waals surface area contributed by atoms with Crippen molar-refractivity contribution < 1.29 is 4.79 Å². The lowest BCUT2D eigenvalue weighted by molar-refractivity contribution is -0.123. The first-order valence-corrected chi connectivity index (χ1v) is 10.2. The monoisotopic (exact) mass is 355 g/mol. The minimum atomic E-state index is 0.233. The van der Waals surface area contributed by atoms with Crippen LogP contribution in [0.15, 0.2) is 23.6 Å². The summed E-state index contributed by atoms with van der Waals surface area (Å²) in [5, 5.41) is 6.11. The van der Waals surface area contributed by atoms with Gasteiger partial charge in [0.2, 0.25) is 5.91 Å². The fraction of sp³-hybridized carbons (Fsp3) is 0.500. The third kappa shape index (κ3) is 3.30. The molecule has 1 aromatic carbocycles. The normalized spacial score (nSPS) is 18.0. The highest BCUT2D eigenvalue weighted by molar-refractivity contribution is 7.14. The number of fused-ring (bicyclic) bond motifs is 1. The van der Waals surface area contributed by atoms with Crippen LogP contribution in [0.5, 0.6) is 0 Å². The Balaban J connectivity index is 1.60. The number of amides is 1. The quantitative estimate of drug-likeness (QED) is 0.867. The minimum absolute atomic E-state index is 0.233. The molecule has 0 spiro atoms. The first kappa shape index (κ1) is 16.6. The number of carbonyl (C=O) groups is 1. The number of aryl methyl sites for hydroxylation is 1. The number of carbonyl (C=O) groups excluding carboxylic acids is 1. The number of rotatable bonds is 3. The maximum atomic E-state index is 13.0. The van der Waals surface area contributed by atoms with Crippen molar-refractivity contribution in [2.75, 3.05) is 23.8 Å². The Hall–Kier alpha value is -1.88. The van der Waals surface area contributed by atoms with E-state index in [2.05, 4.69) is 38.8 Å². The van der Waals surface area contributed by atoms with Gasteiger partial charge in [0.15, 0.2) is 5.13 Å². The SMILES string of the molecule is CNc1nc(-c2ccc3c(c2)CCCN3C(=O)C2CCCCC2)cs1. The third-order valence-corrected chi connectivity index (χ3v) is 6.29. The molecule has 132 valence electrons. The van der Waals surface area contributed by atoms with Gasteiger partial charge in [-0.05, 0) is 43.4 Å². The predicted octanol–water partition coefficient (Wildman–Crippen LogP) is 4.71. The molecule has 0 saturated heterocycles. The van der Waals surface area contributed by atoms with Crippen LogP contribution >= 0.6 is 11.3 Å². The molecule has 0 unspecified atom stereocenters. The van der Waals surface area contributed by atoms with E-state index in [9.17, 15) is 4.79 Å². The Labute approximate surface area is 153 Å². The van der Waals surface area contributed by atoms with Crippen molar-refractivity contribution in [3.05, 3.63) is 29.1 Å². The highest BCUT2D eigenvalue weighted by atomic mass is 32.1. The fourth-order valence-electron chi connectivity index (χ4n) is 4.08. The van der Waals surface area contributed by atoms with Crippen molar-refractivity contribution in [1.82, 2.24) is 4.98 Å². The number of anilines is 2. The van der Waals surface area contributed by atoms with Crippen molar-refractivity contribution in [3.63, 3.8) is 0 Å². The largest absolute Gasteiger partial charge is 0.365 e. The molecule has 0 bridgehead atoms. The van der Waals surface area contributed by atoms with Gasteiger partial charge in [0, 0.05) is 36.1 Å². The number of benzene rings is 1. The zero-order valence-electron chi connectivity index (χ0n) is 14.8. The van der Waals surface area contributed by atoms with Crippen molar-refractivity contribution >= 4 is 28.1 Å². The molecule has 5 heteroatoms. The molecule has 1 aliphatic heterocycles. The maximum absolute atomic E-state index is 13.0. The molecule has 0 radical (unpaired) electrons.